The minimum atomic E-state index is -3.44. The van der Waals surface area contributed by atoms with Gasteiger partial charge in [-0.25, -0.2) is 13.4 Å². The van der Waals surface area contributed by atoms with E-state index in [0.29, 0.717) is 32.0 Å². The Morgan fingerprint density at radius 2 is 1.78 bits per heavy atom. The van der Waals surface area contributed by atoms with E-state index in [1.165, 1.54) is 12.1 Å². The molecule has 5 rings (SSSR count). The summed E-state index contributed by atoms with van der Waals surface area (Å²) in [5.74, 6) is 1.17. The van der Waals surface area contributed by atoms with Gasteiger partial charge >= 0.3 is 0 Å². The van der Waals surface area contributed by atoms with Crippen LogP contribution in [0.1, 0.15) is 16.1 Å². The molecule has 0 radical (unpaired) electrons. The molecule has 2 aliphatic heterocycles. The lowest BCUT2D eigenvalue weighted by Gasteiger charge is -2.38. The van der Waals surface area contributed by atoms with Gasteiger partial charge in [-0.2, -0.15) is 0 Å². The molecule has 2 aromatic heterocycles. The molecule has 3 aromatic rings. The number of rotatable bonds is 6. The first-order valence-electron chi connectivity index (χ1n) is 12.0. The van der Waals surface area contributed by atoms with Gasteiger partial charge in [-0.15, -0.1) is 0 Å². The fourth-order valence-electron chi connectivity index (χ4n) is 4.38. The molecule has 2 fully saturated rings. The van der Waals surface area contributed by atoms with Gasteiger partial charge in [0.2, 0.25) is 0 Å². The Morgan fingerprint density at radius 3 is 2.46 bits per heavy atom. The molecule has 11 heteroatoms. The Labute approximate surface area is 215 Å². The Bertz CT molecular complexity index is 1430. The number of β-amino-alcohol motifs (C(OH)–C–C–N with tert-alkyl or cyclic N) is 1. The highest BCUT2D eigenvalue weighted by Gasteiger charge is 2.27. The van der Waals surface area contributed by atoms with E-state index in [-0.39, 0.29) is 16.6 Å². The number of ether oxygens (including phenoxy) is 1. The van der Waals surface area contributed by atoms with Crippen molar-refractivity contribution in [2.24, 2.45) is 0 Å². The molecule has 10 nitrogen and oxygen atoms in total. The quantitative estimate of drug-likeness (QED) is 0.500. The second-order valence-corrected chi connectivity index (χ2v) is 11.4. The number of carbonyl (C=O) groups excluding carboxylic acids is 1. The van der Waals surface area contributed by atoms with Crippen LogP contribution < -0.4 is 15.1 Å². The average Bonchev–Trinajstić information content (AvgIpc) is 2.87. The molecule has 0 spiro atoms. The van der Waals surface area contributed by atoms with Crippen LogP contribution >= 0.6 is 0 Å². The lowest BCUT2D eigenvalue weighted by atomic mass is 10.0. The van der Waals surface area contributed by atoms with Crippen molar-refractivity contribution in [3.8, 4) is 11.1 Å². The van der Waals surface area contributed by atoms with Crippen LogP contribution in [0.3, 0.4) is 0 Å². The normalized spacial score (nSPS) is 16.4. The zero-order valence-corrected chi connectivity index (χ0v) is 21.5. The van der Waals surface area contributed by atoms with Crippen molar-refractivity contribution >= 4 is 33.1 Å². The van der Waals surface area contributed by atoms with Crippen LogP contribution in [0.2, 0.25) is 0 Å². The largest absolute Gasteiger partial charge is 0.389 e. The fraction of sp³-hybridized carbons (Fsp3) is 0.346. The zero-order valence-electron chi connectivity index (χ0n) is 20.7. The Balaban J connectivity index is 1.47. The SMILES string of the molecule is Cc1ncc(NC(=O)c2cccc(S(C)(=O)=O)c2)cc1-c1cc(N2CCOCC2)nc(N2CC(O)C2)c1. The van der Waals surface area contributed by atoms with Gasteiger partial charge < -0.3 is 25.0 Å². The maximum absolute atomic E-state index is 12.9. The highest BCUT2D eigenvalue weighted by Crippen LogP contribution is 2.33. The van der Waals surface area contributed by atoms with Gasteiger partial charge in [0.1, 0.15) is 11.6 Å². The molecule has 0 unspecified atom stereocenters. The average molecular weight is 524 g/mol. The second-order valence-electron chi connectivity index (χ2n) is 9.34. The number of aromatic nitrogens is 2. The number of pyridine rings is 2. The third-order valence-electron chi connectivity index (χ3n) is 6.50. The number of hydrogen-bond acceptors (Lipinski definition) is 9. The molecular formula is C26H29N5O5S. The number of anilines is 3. The zero-order chi connectivity index (χ0) is 26.2. The van der Waals surface area contributed by atoms with Gasteiger partial charge in [0.15, 0.2) is 9.84 Å². The molecule has 2 saturated heterocycles. The first kappa shape index (κ1) is 25.1. The predicted molar refractivity (Wildman–Crippen MR) is 141 cm³/mol. The highest BCUT2D eigenvalue weighted by atomic mass is 32.2. The van der Waals surface area contributed by atoms with Gasteiger partial charge in [-0.05, 0) is 48.9 Å². The first-order chi connectivity index (χ1) is 17.7. The van der Waals surface area contributed by atoms with Gasteiger partial charge in [0, 0.05) is 49.3 Å². The topological polar surface area (TPSA) is 125 Å². The number of hydrogen-bond donors (Lipinski definition) is 2. The van der Waals surface area contributed by atoms with Gasteiger partial charge in [-0.1, -0.05) is 6.07 Å². The maximum atomic E-state index is 12.9. The van der Waals surface area contributed by atoms with E-state index in [1.807, 2.05) is 30.0 Å². The van der Waals surface area contributed by atoms with E-state index in [9.17, 15) is 18.3 Å². The number of aliphatic hydroxyl groups is 1. The van der Waals surface area contributed by atoms with Crippen molar-refractivity contribution in [2.75, 3.05) is 60.8 Å². The summed E-state index contributed by atoms with van der Waals surface area (Å²) in [6.45, 7) is 5.69. The summed E-state index contributed by atoms with van der Waals surface area (Å²) in [6.07, 6.45) is 2.32. The number of sulfone groups is 1. The minimum absolute atomic E-state index is 0.0824. The molecule has 0 saturated carbocycles. The summed E-state index contributed by atoms with van der Waals surface area (Å²) in [7, 11) is -3.44. The Morgan fingerprint density at radius 1 is 1.08 bits per heavy atom. The van der Waals surface area contributed by atoms with Crippen LogP contribution in [0.15, 0.2) is 53.6 Å². The number of aliphatic hydroxyl groups excluding tert-OH is 1. The number of nitrogens with zero attached hydrogens (tertiary/aromatic N) is 4. The van der Waals surface area contributed by atoms with Crippen molar-refractivity contribution in [2.45, 2.75) is 17.9 Å². The number of morpholine rings is 1. The van der Waals surface area contributed by atoms with E-state index in [1.54, 1.807) is 18.3 Å². The van der Waals surface area contributed by atoms with Crippen LogP contribution in [0.5, 0.6) is 0 Å². The molecule has 4 heterocycles. The molecule has 1 aromatic carbocycles. The minimum Gasteiger partial charge on any atom is -0.389 e. The molecule has 0 aliphatic carbocycles. The standard InChI is InChI=1S/C26H29N5O5S/c1-17-23(13-20(14-27-17)28-26(33)18-4-3-5-22(10-18)37(2,34)35)19-11-24(30-6-8-36-9-7-30)29-25(12-19)31-15-21(32)16-31/h3-5,10-14,21,32H,6-9,15-16H2,1-2H3,(H,28,33). The number of carbonyl (C=O) groups is 1. The molecule has 37 heavy (non-hydrogen) atoms. The third-order valence-corrected chi connectivity index (χ3v) is 7.61. The monoisotopic (exact) mass is 523 g/mol. The molecular weight excluding hydrogens is 494 g/mol. The molecule has 0 bridgehead atoms. The van der Waals surface area contributed by atoms with Gasteiger partial charge in [0.05, 0.1) is 36.1 Å². The van der Waals surface area contributed by atoms with E-state index in [4.69, 9.17) is 9.72 Å². The summed E-state index contributed by atoms with van der Waals surface area (Å²) in [6, 6.07) is 11.8. The lowest BCUT2D eigenvalue weighted by Crippen LogP contribution is -2.51. The van der Waals surface area contributed by atoms with Crippen LogP contribution in [-0.4, -0.2) is 81.2 Å². The van der Waals surface area contributed by atoms with E-state index in [2.05, 4.69) is 15.2 Å². The van der Waals surface area contributed by atoms with Crippen molar-refractivity contribution in [3.63, 3.8) is 0 Å². The molecule has 2 aliphatic rings. The van der Waals surface area contributed by atoms with Crippen molar-refractivity contribution < 1.29 is 23.1 Å². The van der Waals surface area contributed by atoms with Crippen molar-refractivity contribution in [1.82, 2.24) is 9.97 Å². The Kier molecular flexibility index (Phi) is 6.84. The first-order valence-corrected chi connectivity index (χ1v) is 13.9. The van der Waals surface area contributed by atoms with Gasteiger partial charge in [0.25, 0.3) is 5.91 Å². The molecule has 2 N–H and O–H groups in total. The number of nitrogens with one attached hydrogen (secondary N) is 1. The summed E-state index contributed by atoms with van der Waals surface area (Å²) < 4.78 is 29.3. The third kappa shape index (κ3) is 5.58. The molecule has 194 valence electrons. The van der Waals surface area contributed by atoms with Crippen LogP contribution in [0.25, 0.3) is 11.1 Å². The number of benzene rings is 1. The summed E-state index contributed by atoms with van der Waals surface area (Å²) in [5.41, 5.74) is 3.24. The van der Waals surface area contributed by atoms with Crippen molar-refractivity contribution in [1.29, 1.82) is 0 Å². The number of amides is 1. The van der Waals surface area contributed by atoms with E-state index in [0.717, 1.165) is 47.8 Å². The fourth-order valence-corrected chi connectivity index (χ4v) is 5.05. The summed E-state index contributed by atoms with van der Waals surface area (Å²) >= 11 is 0. The Hall–Kier alpha value is -3.54. The van der Waals surface area contributed by atoms with E-state index < -0.39 is 15.7 Å². The highest BCUT2D eigenvalue weighted by molar-refractivity contribution is 7.90. The van der Waals surface area contributed by atoms with Crippen molar-refractivity contribution in [3.05, 3.63) is 59.9 Å². The summed E-state index contributed by atoms with van der Waals surface area (Å²) in [4.78, 5) is 26.6. The molecule has 1 amide bonds. The van der Waals surface area contributed by atoms with Crippen LogP contribution in [0, 0.1) is 6.92 Å². The van der Waals surface area contributed by atoms with E-state index >= 15 is 0 Å². The van der Waals surface area contributed by atoms with Gasteiger partial charge in [-0.3, -0.25) is 9.78 Å². The number of aryl methyl sites for hydroxylation is 1. The maximum Gasteiger partial charge on any atom is 0.255 e. The summed E-state index contributed by atoms with van der Waals surface area (Å²) in [5, 5.41) is 12.7. The van der Waals surface area contributed by atoms with Crippen LogP contribution in [0.4, 0.5) is 17.3 Å². The second kappa shape index (κ2) is 10.1. The smallest absolute Gasteiger partial charge is 0.255 e. The predicted octanol–water partition coefficient (Wildman–Crippen LogP) is 2.13. The van der Waals surface area contributed by atoms with Crippen LogP contribution in [-0.2, 0) is 14.6 Å². The molecule has 0 atom stereocenters. The lowest BCUT2D eigenvalue weighted by molar-refractivity contribution is 0.102.